The molecule has 11 nitrogen and oxygen atoms in total. The molecule has 0 spiro atoms. The first-order chi connectivity index (χ1) is 18.7. The topological polar surface area (TPSA) is 168 Å². The van der Waals surface area contributed by atoms with Crippen molar-refractivity contribution in [3.05, 3.63) is 77.7 Å². The van der Waals surface area contributed by atoms with Crippen LogP contribution >= 0.6 is 11.3 Å². The predicted molar refractivity (Wildman–Crippen MR) is 144 cm³/mol. The minimum atomic E-state index is -3.80. The summed E-state index contributed by atoms with van der Waals surface area (Å²) in [6.07, 6.45) is 3.54. The number of para-hydroxylation sites is 1. The van der Waals surface area contributed by atoms with Crippen LogP contribution in [0.5, 0.6) is 0 Å². The van der Waals surface area contributed by atoms with E-state index < -0.39 is 45.9 Å². The highest BCUT2D eigenvalue weighted by molar-refractivity contribution is 7.91. The van der Waals surface area contributed by atoms with Crippen LogP contribution in [0.4, 0.5) is 0 Å². The molecular formula is C26H27N5O6S2. The van der Waals surface area contributed by atoms with Gasteiger partial charge in [0.05, 0.1) is 6.26 Å². The summed E-state index contributed by atoms with van der Waals surface area (Å²) in [6.45, 7) is 0.0962. The molecule has 13 heteroatoms. The molecule has 3 amide bonds. The molecule has 39 heavy (non-hydrogen) atoms. The first kappa shape index (κ1) is 26.7. The zero-order valence-corrected chi connectivity index (χ0v) is 22.3. The lowest BCUT2D eigenvalue weighted by atomic mass is 9.96. The summed E-state index contributed by atoms with van der Waals surface area (Å²) in [5.41, 5.74) is 7.34. The monoisotopic (exact) mass is 569 g/mol. The Morgan fingerprint density at radius 3 is 2.69 bits per heavy atom. The van der Waals surface area contributed by atoms with Gasteiger partial charge >= 0.3 is 0 Å². The number of hydrogen-bond donors (Lipinski definition) is 4. The number of aromatic amines is 1. The van der Waals surface area contributed by atoms with Crippen LogP contribution in [0.15, 0.2) is 75.0 Å². The Kier molecular flexibility index (Phi) is 7.55. The summed E-state index contributed by atoms with van der Waals surface area (Å²) in [5.74, 6) is -1.80. The molecule has 204 valence electrons. The van der Waals surface area contributed by atoms with E-state index in [9.17, 15) is 22.8 Å². The van der Waals surface area contributed by atoms with Gasteiger partial charge in [-0.05, 0) is 48.1 Å². The standard InChI is InChI=1S/C26H27N5O6S2/c27-24(32)20(13-16-15-28-19-6-2-1-5-18(16)19)29-25(33)21-14-17(30-39(35,36)23-8-4-12-38-23)9-10-31(21)26(34)22-7-3-11-37-22/h1-8,11-12,15,17,20-21,28,30H,9-10,13-14H2,(H2,27,32)(H,29,33)/t17-,20+,21-/m0/s1. The van der Waals surface area contributed by atoms with Crippen LogP contribution in [0, 0.1) is 0 Å². The van der Waals surface area contributed by atoms with Crippen LogP contribution in [-0.4, -0.2) is 60.7 Å². The van der Waals surface area contributed by atoms with Crippen LogP contribution in [-0.2, 0) is 26.0 Å². The number of furan rings is 1. The summed E-state index contributed by atoms with van der Waals surface area (Å²) in [6, 6.07) is 11.0. The van der Waals surface area contributed by atoms with E-state index in [4.69, 9.17) is 10.2 Å². The number of fused-ring (bicyclic) bond motifs is 1. The number of nitrogens with two attached hydrogens (primary N) is 1. The number of benzene rings is 1. The van der Waals surface area contributed by atoms with Gasteiger partial charge in [-0.15, -0.1) is 11.3 Å². The lowest BCUT2D eigenvalue weighted by Gasteiger charge is -2.38. The third-order valence-electron chi connectivity index (χ3n) is 6.74. The van der Waals surface area contributed by atoms with E-state index in [1.165, 1.54) is 23.3 Å². The maximum absolute atomic E-state index is 13.6. The smallest absolute Gasteiger partial charge is 0.290 e. The van der Waals surface area contributed by atoms with Gasteiger partial charge in [0.15, 0.2) is 5.76 Å². The van der Waals surface area contributed by atoms with E-state index in [1.54, 1.807) is 23.7 Å². The van der Waals surface area contributed by atoms with Crippen molar-refractivity contribution in [1.29, 1.82) is 0 Å². The SMILES string of the molecule is NC(=O)[C@@H](Cc1c[nH]c2ccccc12)NC(=O)[C@@H]1C[C@@H](NS(=O)(=O)c2cccs2)CCN1C(=O)c1ccco1. The van der Waals surface area contributed by atoms with Gasteiger partial charge in [0.1, 0.15) is 16.3 Å². The highest BCUT2D eigenvalue weighted by Crippen LogP contribution is 2.25. The zero-order valence-electron chi connectivity index (χ0n) is 20.7. The van der Waals surface area contributed by atoms with Crippen molar-refractivity contribution in [3.8, 4) is 0 Å². The average Bonchev–Trinajstić information content (AvgIpc) is 3.70. The van der Waals surface area contributed by atoms with E-state index >= 15 is 0 Å². The third-order valence-corrected chi connectivity index (χ3v) is 9.66. The fourth-order valence-corrected chi connectivity index (χ4v) is 7.10. The predicted octanol–water partition coefficient (Wildman–Crippen LogP) is 1.99. The Labute approximate surface area is 228 Å². The normalized spacial score (nSPS) is 18.6. The van der Waals surface area contributed by atoms with E-state index in [0.29, 0.717) is 0 Å². The van der Waals surface area contributed by atoms with Crippen molar-refractivity contribution in [2.24, 2.45) is 5.73 Å². The molecule has 5 N–H and O–H groups in total. The lowest BCUT2D eigenvalue weighted by molar-refractivity contribution is -0.131. The highest BCUT2D eigenvalue weighted by Gasteiger charge is 2.40. The Balaban J connectivity index is 1.37. The molecule has 0 bridgehead atoms. The molecule has 1 aliphatic rings. The van der Waals surface area contributed by atoms with Crippen LogP contribution in [0.2, 0.25) is 0 Å². The number of carbonyl (C=O) groups excluding carboxylic acids is 3. The summed E-state index contributed by atoms with van der Waals surface area (Å²) < 4.78 is 33.7. The quantitative estimate of drug-likeness (QED) is 0.240. The van der Waals surface area contributed by atoms with Gasteiger partial charge in [-0.2, -0.15) is 0 Å². The number of primary amides is 1. The minimum Gasteiger partial charge on any atom is -0.459 e. The molecule has 4 aromatic rings. The van der Waals surface area contributed by atoms with Gasteiger partial charge in [-0.3, -0.25) is 14.4 Å². The van der Waals surface area contributed by atoms with Gasteiger partial charge in [0.2, 0.25) is 21.8 Å². The van der Waals surface area contributed by atoms with Gasteiger partial charge < -0.3 is 25.4 Å². The summed E-state index contributed by atoms with van der Waals surface area (Å²) in [7, 11) is -3.80. The Bertz CT molecular complexity index is 1580. The molecule has 0 saturated carbocycles. The van der Waals surface area contributed by atoms with Crippen molar-refractivity contribution in [3.63, 3.8) is 0 Å². The number of carbonyl (C=O) groups is 3. The average molecular weight is 570 g/mol. The fourth-order valence-electron chi connectivity index (χ4n) is 4.81. The van der Waals surface area contributed by atoms with Gasteiger partial charge in [-0.1, -0.05) is 24.3 Å². The lowest BCUT2D eigenvalue weighted by Crippen LogP contribution is -2.59. The van der Waals surface area contributed by atoms with Crippen molar-refractivity contribution in [1.82, 2.24) is 19.9 Å². The van der Waals surface area contributed by atoms with Crippen molar-refractivity contribution in [2.75, 3.05) is 6.54 Å². The second-order valence-electron chi connectivity index (χ2n) is 9.29. The number of aromatic nitrogens is 1. The largest absolute Gasteiger partial charge is 0.459 e. The molecule has 3 aromatic heterocycles. The molecule has 0 aliphatic carbocycles. The zero-order chi connectivity index (χ0) is 27.6. The summed E-state index contributed by atoms with van der Waals surface area (Å²) in [4.78, 5) is 43.7. The minimum absolute atomic E-state index is 0.00144. The molecule has 1 aromatic carbocycles. The number of H-pyrrole nitrogens is 1. The molecule has 3 atom stereocenters. The Morgan fingerprint density at radius 1 is 1.15 bits per heavy atom. The highest BCUT2D eigenvalue weighted by atomic mass is 32.2. The number of likely N-dealkylation sites (tertiary alicyclic amines) is 1. The van der Waals surface area contributed by atoms with E-state index in [2.05, 4.69) is 15.0 Å². The first-order valence-electron chi connectivity index (χ1n) is 12.3. The van der Waals surface area contributed by atoms with Gasteiger partial charge in [-0.25, -0.2) is 13.1 Å². The van der Waals surface area contributed by atoms with Gasteiger partial charge in [0.25, 0.3) is 5.91 Å². The number of nitrogens with zero attached hydrogens (tertiary/aromatic N) is 1. The molecule has 4 heterocycles. The number of piperidine rings is 1. The van der Waals surface area contributed by atoms with E-state index in [-0.39, 0.29) is 35.8 Å². The van der Waals surface area contributed by atoms with E-state index in [0.717, 1.165) is 27.8 Å². The number of sulfonamides is 1. The van der Waals surface area contributed by atoms with Crippen LogP contribution in [0.1, 0.15) is 29.0 Å². The number of nitrogens with one attached hydrogen (secondary N) is 3. The fraction of sp³-hybridized carbons (Fsp3) is 0.269. The van der Waals surface area contributed by atoms with Gasteiger partial charge in [0, 0.05) is 36.1 Å². The van der Waals surface area contributed by atoms with Crippen molar-refractivity contribution in [2.45, 2.75) is 41.6 Å². The number of amides is 3. The molecule has 1 saturated heterocycles. The summed E-state index contributed by atoms with van der Waals surface area (Å²) >= 11 is 1.08. The van der Waals surface area contributed by atoms with E-state index in [1.807, 2.05) is 24.3 Å². The number of thiophene rings is 1. The summed E-state index contributed by atoms with van der Waals surface area (Å²) in [5, 5.41) is 5.26. The molecular weight excluding hydrogens is 542 g/mol. The number of hydrogen-bond acceptors (Lipinski definition) is 7. The van der Waals surface area contributed by atoms with Crippen molar-refractivity contribution < 1.29 is 27.2 Å². The number of rotatable bonds is 9. The molecule has 1 fully saturated rings. The second-order valence-corrected chi connectivity index (χ2v) is 12.2. The maximum Gasteiger partial charge on any atom is 0.290 e. The molecule has 0 radical (unpaired) electrons. The maximum atomic E-state index is 13.6. The Morgan fingerprint density at radius 2 is 1.97 bits per heavy atom. The van der Waals surface area contributed by atoms with Crippen LogP contribution in [0.3, 0.4) is 0 Å². The molecule has 1 aliphatic heterocycles. The Hall–Kier alpha value is -3.94. The van der Waals surface area contributed by atoms with Crippen LogP contribution in [0.25, 0.3) is 10.9 Å². The third kappa shape index (κ3) is 5.75. The molecule has 0 unspecified atom stereocenters. The molecule has 5 rings (SSSR count). The second kappa shape index (κ2) is 11.0. The van der Waals surface area contributed by atoms with Crippen molar-refractivity contribution >= 4 is 50.0 Å². The first-order valence-corrected chi connectivity index (χ1v) is 14.6. The van der Waals surface area contributed by atoms with Crippen LogP contribution < -0.4 is 15.8 Å².